The number of hydrogen-bond donors (Lipinski definition) is 3. The number of nitrogens with one attached hydrogen (secondary N) is 2. The molecule has 0 spiro atoms. The van der Waals surface area contributed by atoms with Crippen LogP contribution in [0.1, 0.15) is 37.5 Å². The van der Waals surface area contributed by atoms with Crippen LogP contribution in [0.2, 0.25) is 0 Å². The van der Waals surface area contributed by atoms with Gasteiger partial charge in [0.2, 0.25) is 0 Å². The summed E-state index contributed by atoms with van der Waals surface area (Å²) in [4.78, 5) is 3.87. The number of ether oxygens (including phenoxy) is 1. The van der Waals surface area contributed by atoms with Gasteiger partial charge in [-0.05, 0) is 58.5 Å². The number of anilines is 3. The Morgan fingerprint density at radius 3 is 2.30 bits per heavy atom. The van der Waals surface area contributed by atoms with Crippen LogP contribution in [0.3, 0.4) is 0 Å². The summed E-state index contributed by atoms with van der Waals surface area (Å²) in [6.45, 7) is 7.41. The summed E-state index contributed by atoms with van der Waals surface area (Å²) >= 11 is 0. The number of benzene rings is 3. The van der Waals surface area contributed by atoms with Crippen LogP contribution in [0.5, 0.6) is 5.75 Å². The number of hydrogen-bond acceptors (Lipinski definition) is 7. The van der Waals surface area contributed by atoms with Crippen LogP contribution < -0.4 is 19.7 Å². The van der Waals surface area contributed by atoms with Gasteiger partial charge in [0.25, 0.3) is 10.0 Å². The number of sulfonamides is 1. The van der Waals surface area contributed by atoms with E-state index in [1.165, 1.54) is 12.7 Å². The molecular weight excluding hydrogens is 488 g/mol. The first-order valence-electron chi connectivity index (χ1n) is 12.2. The average Bonchev–Trinajstić information content (AvgIpc) is 3.27. The van der Waals surface area contributed by atoms with Gasteiger partial charge < -0.3 is 20.1 Å². The molecule has 0 fully saturated rings. The number of fused-ring (bicyclic) bond motifs is 1. The van der Waals surface area contributed by atoms with Crippen molar-refractivity contribution in [1.82, 2.24) is 4.90 Å². The van der Waals surface area contributed by atoms with Crippen LogP contribution in [0.15, 0.2) is 65.6 Å². The number of para-hydroxylation sites is 1. The van der Waals surface area contributed by atoms with Gasteiger partial charge in [-0.1, -0.05) is 45.0 Å². The van der Waals surface area contributed by atoms with Crippen molar-refractivity contribution in [1.29, 1.82) is 0 Å². The highest BCUT2D eigenvalue weighted by atomic mass is 32.2. The van der Waals surface area contributed by atoms with Crippen molar-refractivity contribution in [3.63, 3.8) is 0 Å². The van der Waals surface area contributed by atoms with Crippen molar-refractivity contribution in [2.75, 3.05) is 36.1 Å². The van der Waals surface area contributed by atoms with Gasteiger partial charge in [0.05, 0.1) is 23.4 Å². The molecule has 0 aliphatic carbocycles. The van der Waals surface area contributed by atoms with Crippen LogP contribution in [0.25, 0.3) is 0 Å². The van der Waals surface area contributed by atoms with E-state index >= 15 is 0 Å². The quantitative estimate of drug-likeness (QED) is 0.372. The summed E-state index contributed by atoms with van der Waals surface area (Å²) in [6, 6.07) is 18.4. The second kappa shape index (κ2) is 10.2. The Hall–Kier alpha value is -3.27. The van der Waals surface area contributed by atoms with E-state index in [2.05, 4.69) is 42.9 Å². The van der Waals surface area contributed by atoms with Gasteiger partial charge in [-0.3, -0.25) is 9.62 Å². The van der Waals surface area contributed by atoms with E-state index in [4.69, 9.17) is 4.74 Å². The molecule has 0 amide bonds. The van der Waals surface area contributed by atoms with Gasteiger partial charge in [0, 0.05) is 32.9 Å². The maximum atomic E-state index is 13.2. The van der Waals surface area contributed by atoms with Crippen LogP contribution in [0.4, 0.5) is 17.1 Å². The molecule has 0 aromatic heterocycles. The SMILES string of the molecule is COc1c(NS(=O)(=O)c2ccc3c(c2)CN(C(O)Nc2ccc(C(C)(C)C)cc2)C3)cccc1N(C)C. The minimum Gasteiger partial charge on any atom is -0.492 e. The highest BCUT2D eigenvalue weighted by Gasteiger charge is 2.27. The van der Waals surface area contributed by atoms with Crippen LogP contribution in [-0.4, -0.2) is 46.0 Å². The average molecular weight is 525 g/mol. The summed E-state index contributed by atoms with van der Waals surface area (Å²) in [5, 5.41) is 14.0. The van der Waals surface area contributed by atoms with Gasteiger partial charge in [-0.25, -0.2) is 8.42 Å². The second-order valence-corrected chi connectivity index (χ2v) is 12.2. The predicted octanol–water partition coefficient (Wildman–Crippen LogP) is 4.56. The number of methoxy groups -OCH3 is 1. The summed E-state index contributed by atoms with van der Waals surface area (Å²) < 4.78 is 34.7. The van der Waals surface area contributed by atoms with Crippen molar-refractivity contribution in [2.45, 2.75) is 50.5 Å². The van der Waals surface area contributed by atoms with Gasteiger partial charge in [-0.2, -0.15) is 0 Å². The highest BCUT2D eigenvalue weighted by molar-refractivity contribution is 7.92. The normalized spacial score (nSPS) is 14.7. The second-order valence-electron chi connectivity index (χ2n) is 10.5. The van der Waals surface area contributed by atoms with Crippen molar-refractivity contribution >= 4 is 27.1 Å². The third-order valence-corrected chi connectivity index (χ3v) is 7.92. The van der Waals surface area contributed by atoms with Crippen LogP contribution >= 0.6 is 0 Å². The van der Waals surface area contributed by atoms with E-state index in [1.807, 2.05) is 48.2 Å². The first-order chi connectivity index (χ1) is 17.4. The zero-order valence-corrected chi connectivity index (χ0v) is 23.1. The molecule has 0 bridgehead atoms. The van der Waals surface area contributed by atoms with E-state index in [-0.39, 0.29) is 10.3 Å². The van der Waals surface area contributed by atoms with Gasteiger partial charge in [-0.15, -0.1) is 0 Å². The standard InChI is InChI=1S/C28H36N4O4S/c1-28(2,3)21-11-13-22(14-12-21)29-27(33)32-17-19-10-15-23(16-20(19)18-32)37(34,35)30-24-8-7-9-25(31(4)5)26(24)36-6/h7-16,27,29-30,33H,17-18H2,1-6H3. The van der Waals surface area contributed by atoms with E-state index < -0.39 is 16.4 Å². The molecule has 1 aliphatic rings. The zero-order chi connectivity index (χ0) is 27.0. The molecule has 0 saturated heterocycles. The zero-order valence-electron chi connectivity index (χ0n) is 22.2. The lowest BCUT2D eigenvalue weighted by molar-refractivity contribution is 0.0231. The lowest BCUT2D eigenvalue weighted by Gasteiger charge is -2.25. The molecule has 3 aromatic rings. The molecule has 0 radical (unpaired) electrons. The van der Waals surface area contributed by atoms with Gasteiger partial charge >= 0.3 is 0 Å². The summed E-state index contributed by atoms with van der Waals surface area (Å²) in [7, 11) is 1.39. The maximum Gasteiger partial charge on any atom is 0.262 e. The van der Waals surface area contributed by atoms with Crippen LogP contribution in [0, 0.1) is 0 Å². The Kier molecular flexibility index (Phi) is 7.41. The predicted molar refractivity (Wildman–Crippen MR) is 149 cm³/mol. The highest BCUT2D eigenvalue weighted by Crippen LogP contribution is 2.36. The maximum absolute atomic E-state index is 13.2. The van der Waals surface area contributed by atoms with Crippen molar-refractivity contribution < 1.29 is 18.3 Å². The monoisotopic (exact) mass is 524 g/mol. The fourth-order valence-electron chi connectivity index (χ4n) is 4.42. The smallest absolute Gasteiger partial charge is 0.262 e. The number of nitrogens with zero attached hydrogens (tertiary/aromatic N) is 2. The van der Waals surface area contributed by atoms with Gasteiger partial charge in [0.15, 0.2) is 12.1 Å². The number of rotatable bonds is 8. The Balaban J connectivity index is 1.48. The summed E-state index contributed by atoms with van der Waals surface area (Å²) in [6.07, 6.45) is -0.913. The number of aliphatic hydroxyl groups excluding tert-OH is 1. The lowest BCUT2D eigenvalue weighted by atomic mass is 9.87. The fraction of sp³-hybridized carbons (Fsp3) is 0.357. The Morgan fingerprint density at radius 2 is 1.68 bits per heavy atom. The van der Waals surface area contributed by atoms with Gasteiger partial charge in [0.1, 0.15) is 0 Å². The molecule has 1 atom stereocenters. The Bertz CT molecular complexity index is 1370. The van der Waals surface area contributed by atoms with Crippen molar-refractivity contribution in [3.05, 3.63) is 77.4 Å². The molecule has 4 rings (SSSR count). The third kappa shape index (κ3) is 5.84. The molecule has 0 saturated carbocycles. The van der Waals surface area contributed by atoms with E-state index in [9.17, 15) is 13.5 Å². The molecule has 1 heterocycles. The molecular formula is C28H36N4O4S. The third-order valence-electron chi connectivity index (χ3n) is 6.55. The molecule has 37 heavy (non-hydrogen) atoms. The molecule has 8 nitrogen and oxygen atoms in total. The van der Waals surface area contributed by atoms with Crippen molar-refractivity contribution in [3.8, 4) is 5.75 Å². The lowest BCUT2D eigenvalue weighted by Crippen LogP contribution is -2.37. The van der Waals surface area contributed by atoms with Crippen LogP contribution in [-0.2, 0) is 28.5 Å². The molecule has 9 heteroatoms. The Labute approximate surface area is 219 Å². The largest absolute Gasteiger partial charge is 0.492 e. The molecule has 3 aromatic carbocycles. The summed E-state index contributed by atoms with van der Waals surface area (Å²) in [5.41, 5.74) is 5.07. The van der Waals surface area contributed by atoms with E-state index in [0.29, 0.717) is 24.5 Å². The molecule has 1 aliphatic heterocycles. The number of aliphatic hydroxyl groups is 1. The molecule has 3 N–H and O–H groups in total. The first-order valence-corrected chi connectivity index (χ1v) is 13.7. The Morgan fingerprint density at radius 1 is 1.00 bits per heavy atom. The minimum atomic E-state index is -3.86. The topological polar surface area (TPSA) is 94.1 Å². The fourth-order valence-corrected chi connectivity index (χ4v) is 5.53. The van der Waals surface area contributed by atoms with E-state index in [1.54, 1.807) is 24.3 Å². The van der Waals surface area contributed by atoms with Crippen molar-refractivity contribution in [2.24, 2.45) is 0 Å². The first kappa shape index (κ1) is 26.8. The summed E-state index contributed by atoms with van der Waals surface area (Å²) in [5.74, 6) is 0.452. The molecule has 1 unspecified atom stereocenters. The minimum absolute atomic E-state index is 0.0565. The van der Waals surface area contributed by atoms with E-state index in [0.717, 1.165) is 22.5 Å². The molecule has 198 valence electrons.